The Morgan fingerprint density at radius 2 is 2.40 bits per heavy atom. The van der Waals surface area contributed by atoms with Gasteiger partial charge in [0.1, 0.15) is 0 Å². The van der Waals surface area contributed by atoms with E-state index in [1.807, 2.05) is 0 Å². The third-order valence-electron chi connectivity index (χ3n) is 3.01. The van der Waals surface area contributed by atoms with Crippen LogP contribution in [-0.2, 0) is 0 Å². The molecule has 0 heterocycles. The maximum absolute atomic E-state index is 2.50. The van der Waals surface area contributed by atoms with Gasteiger partial charge < -0.3 is 0 Å². The van der Waals surface area contributed by atoms with Crippen LogP contribution in [0.3, 0.4) is 0 Å². The number of fused-ring (bicyclic) bond motifs is 1. The summed E-state index contributed by atoms with van der Waals surface area (Å²) in [4.78, 5) is 0. The standard InChI is InChI=1S/C10H15/c1-2-8-6-9-4-3-5-10(9)7-8/h2,6,9-10H,3-5,7H2,1H3. The van der Waals surface area contributed by atoms with E-state index in [1.165, 1.54) is 25.7 Å². The Bertz CT molecular complexity index is 155. The largest absolute Gasteiger partial charge is 0.0816 e. The summed E-state index contributed by atoms with van der Waals surface area (Å²) in [5, 5.41) is 0. The molecule has 0 N–H and O–H groups in total. The molecule has 2 rings (SSSR count). The first-order chi connectivity index (χ1) is 4.90. The Hall–Kier alpha value is -0.260. The topological polar surface area (TPSA) is 0 Å². The Morgan fingerprint density at radius 1 is 1.50 bits per heavy atom. The number of hydrogen-bond donors (Lipinski definition) is 0. The molecule has 2 unspecified atom stereocenters. The first-order valence-electron chi connectivity index (χ1n) is 4.40. The summed E-state index contributed by atoms with van der Waals surface area (Å²) in [6, 6.07) is 0. The summed E-state index contributed by atoms with van der Waals surface area (Å²) in [5.41, 5.74) is 1.61. The lowest BCUT2D eigenvalue weighted by molar-refractivity contribution is 0.492. The van der Waals surface area contributed by atoms with Gasteiger partial charge in [0.25, 0.3) is 0 Å². The third kappa shape index (κ3) is 0.902. The van der Waals surface area contributed by atoms with Gasteiger partial charge >= 0.3 is 0 Å². The third-order valence-corrected chi connectivity index (χ3v) is 3.01. The van der Waals surface area contributed by atoms with Crippen molar-refractivity contribution in [3.63, 3.8) is 0 Å². The van der Waals surface area contributed by atoms with Gasteiger partial charge in [-0.1, -0.05) is 25.0 Å². The summed E-state index contributed by atoms with van der Waals surface area (Å²) in [6.45, 7) is 2.16. The lowest BCUT2D eigenvalue weighted by Gasteiger charge is -2.05. The minimum atomic E-state index is 0.964. The molecule has 0 nitrogen and oxygen atoms in total. The molecule has 1 radical (unpaired) electrons. The zero-order chi connectivity index (χ0) is 6.97. The van der Waals surface area contributed by atoms with E-state index in [0.717, 1.165) is 11.8 Å². The van der Waals surface area contributed by atoms with E-state index in [1.54, 1.807) is 5.57 Å². The molecule has 1 saturated carbocycles. The summed E-state index contributed by atoms with van der Waals surface area (Å²) in [6.07, 6.45) is 10.6. The second kappa shape index (κ2) is 2.41. The normalized spacial score (nSPS) is 37.9. The summed E-state index contributed by atoms with van der Waals surface area (Å²) < 4.78 is 0. The van der Waals surface area contributed by atoms with Gasteiger partial charge in [0.05, 0.1) is 0 Å². The van der Waals surface area contributed by atoms with Crippen molar-refractivity contribution in [1.29, 1.82) is 0 Å². The molecule has 0 aromatic rings. The van der Waals surface area contributed by atoms with Crippen LogP contribution in [0.5, 0.6) is 0 Å². The van der Waals surface area contributed by atoms with Crippen LogP contribution in [0.1, 0.15) is 32.6 Å². The molecule has 2 atom stereocenters. The smallest absolute Gasteiger partial charge is 0.0168 e. The Morgan fingerprint density at radius 3 is 3.10 bits per heavy atom. The second-order valence-corrected chi connectivity index (χ2v) is 3.59. The molecule has 0 aromatic carbocycles. The van der Waals surface area contributed by atoms with Crippen LogP contribution in [0.2, 0.25) is 0 Å². The van der Waals surface area contributed by atoms with Gasteiger partial charge in [-0.05, 0) is 37.5 Å². The molecule has 2 aliphatic rings. The van der Waals surface area contributed by atoms with Crippen molar-refractivity contribution < 1.29 is 0 Å². The van der Waals surface area contributed by atoms with E-state index >= 15 is 0 Å². The molecule has 0 heteroatoms. The first-order valence-corrected chi connectivity index (χ1v) is 4.40. The van der Waals surface area contributed by atoms with Crippen LogP contribution in [0.15, 0.2) is 11.6 Å². The van der Waals surface area contributed by atoms with Crippen molar-refractivity contribution in [2.24, 2.45) is 11.8 Å². The summed E-state index contributed by atoms with van der Waals surface area (Å²) in [7, 11) is 0. The highest BCUT2D eigenvalue weighted by Crippen LogP contribution is 2.43. The van der Waals surface area contributed by atoms with E-state index in [4.69, 9.17) is 0 Å². The van der Waals surface area contributed by atoms with Gasteiger partial charge in [-0.3, -0.25) is 0 Å². The van der Waals surface area contributed by atoms with Crippen LogP contribution in [-0.4, -0.2) is 0 Å². The van der Waals surface area contributed by atoms with Crippen LogP contribution >= 0.6 is 0 Å². The zero-order valence-electron chi connectivity index (χ0n) is 6.64. The molecule has 0 amide bonds. The van der Waals surface area contributed by atoms with Gasteiger partial charge in [-0.15, -0.1) is 0 Å². The molecule has 1 fully saturated rings. The van der Waals surface area contributed by atoms with Crippen molar-refractivity contribution in [2.45, 2.75) is 32.6 Å². The van der Waals surface area contributed by atoms with E-state index in [0.29, 0.717) is 0 Å². The first kappa shape index (κ1) is 6.45. The lowest BCUT2D eigenvalue weighted by atomic mass is 9.99. The van der Waals surface area contributed by atoms with Crippen LogP contribution < -0.4 is 0 Å². The molecule has 0 aliphatic heterocycles. The number of allylic oxidation sites excluding steroid dienone is 2. The highest BCUT2D eigenvalue weighted by Gasteiger charge is 2.30. The highest BCUT2D eigenvalue weighted by atomic mass is 14.4. The van der Waals surface area contributed by atoms with E-state index in [9.17, 15) is 0 Å². The monoisotopic (exact) mass is 135 g/mol. The average molecular weight is 135 g/mol. The second-order valence-electron chi connectivity index (χ2n) is 3.59. The Balaban J connectivity index is 2.06. The number of rotatable bonds is 1. The Kier molecular flexibility index (Phi) is 1.55. The lowest BCUT2D eigenvalue weighted by Crippen LogP contribution is -1.96. The number of hydrogen-bond acceptors (Lipinski definition) is 0. The van der Waals surface area contributed by atoms with Gasteiger partial charge in [-0.2, -0.15) is 0 Å². The zero-order valence-corrected chi connectivity index (χ0v) is 6.64. The van der Waals surface area contributed by atoms with E-state index < -0.39 is 0 Å². The maximum Gasteiger partial charge on any atom is -0.0168 e. The van der Waals surface area contributed by atoms with Crippen molar-refractivity contribution in [1.82, 2.24) is 0 Å². The van der Waals surface area contributed by atoms with E-state index in [2.05, 4.69) is 19.4 Å². The minimum absolute atomic E-state index is 0.964. The summed E-state index contributed by atoms with van der Waals surface area (Å²) >= 11 is 0. The molecule has 0 saturated heterocycles. The van der Waals surface area contributed by atoms with Crippen LogP contribution in [0.4, 0.5) is 0 Å². The van der Waals surface area contributed by atoms with Crippen molar-refractivity contribution in [3.8, 4) is 0 Å². The predicted molar refractivity (Wildman–Crippen MR) is 43.5 cm³/mol. The SMILES string of the molecule is C[CH]C1=CC2CCCC2C1. The van der Waals surface area contributed by atoms with Crippen molar-refractivity contribution >= 4 is 0 Å². The fraction of sp³-hybridized carbons (Fsp3) is 0.700. The molecule has 0 spiro atoms. The molecular weight excluding hydrogens is 120 g/mol. The van der Waals surface area contributed by atoms with E-state index in [-0.39, 0.29) is 0 Å². The van der Waals surface area contributed by atoms with Gasteiger partial charge in [-0.25, -0.2) is 0 Å². The molecule has 10 heavy (non-hydrogen) atoms. The quantitative estimate of drug-likeness (QED) is 0.518. The highest BCUT2D eigenvalue weighted by molar-refractivity contribution is 5.21. The summed E-state index contributed by atoms with van der Waals surface area (Å²) in [5.74, 6) is 2.00. The molecule has 55 valence electrons. The van der Waals surface area contributed by atoms with Crippen LogP contribution in [0, 0.1) is 18.3 Å². The predicted octanol–water partition coefficient (Wildman–Crippen LogP) is 2.96. The van der Waals surface area contributed by atoms with Gasteiger partial charge in [0, 0.05) is 0 Å². The van der Waals surface area contributed by atoms with Gasteiger partial charge in [0.2, 0.25) is 0 Å². The molecule has 0 bridgehead atoms. The van der Waals surface area contributed by atoms with Gasteiger partial charge in [0.15, 0.2) is 0 Å². The fourth-order valence-electron chi connectivity index (χ4n) is 2.40. The fourth-order valence-corrected chi connectivity index (χ4v) is 2.40. The molecular formula is C10H15. The average Bonchev–Trinajstić information content (AvgIpc) is 2.42. The maximum atomic E-state index is 2.50. The minimum Gasteiger partial charge on any atom is -0.0816 e. The molecule has 0 aromatic heterocycles. The molecule has 2 aliphatic carbocycles. The Labute approximate surface area is 63.3 Å². The van der Waals surface area contributed by atoms with Crippen molar-refractivity contribution in [3.05, 3.63) is 18.1 Å². The van der Waals surface area contributed by atoms with Crippen molar-refractivity contribution in [2.75, 3.05) is 0 Å². The van der Waals surface area contributed by atoms with Crippen LogP contribution in [0.25, 0.3) is 0 Å².